The van der Waals surface area contributed by atoms with Gasteiger partial charge < -0.3 is 20.1 Å². The second-order valence-corrected chi connectivity index (χ2v) is 18.8. The van der Waals surface area contributed by atoms with E-state index in [1.54, 1.807) is 0 Å². The smallest absolute Gasteiger partial charge is 0.462 e. The maximum Gasteiger partial charge on any atom is 0.472 e. The third kappa shape index (κ3) is 50.7. The number of allylic oxidation sites excluding steroid dienone is 12. The minimum atomic E-state index is -4.40. The number of nitrogens with two attached hydrogens (primary N) is 1. The summed E-state index contributed by atoms with van der Waals surface area (Å²) >= 11 is 0. The number of phosphoric acid groups is 1. The van der Waals surface area contributed by atoms with E-state index in [0.717, 1.165) is 51.4 Å². The van der Waals surface area contributed by atoms with Crippen LogP contribution in [0.3, 0.4) is 0 Å². The summed E-state index contributed by atoms with van der Waals surface area (Å²) in [6, 6.07) is 0. The summed E-state index contributed by atoms with van der Waals surface area (Å²) in [6.07, 6.45) is 64.0. The molecule has 0 aliphatic carbocycles. The van der Waals surface area contributed by atoms with E-state index in [4.69, 9.17) is 24.3 Å². The Morgan fingerprint density at radius 1 is 0.477 bits per heavy atom. The summed E-state index contributed by atoms with van der Waals surface area (Å²) in [5.74, 6) is -0.894. The Morgan fingerprint density at radius 3 is 1.32 bits per heavy atom. The number of phosphoric ester groups is 1. The normalized spacial score (nSPS) is 13.7. The molecule has 0 aliphatic rings. The van der Waals surface area contributed by atoms with Gasteiger partial charge in [0.25, 0.3) is 0 Å². The predicted molar refractivity (Wildman–Crippen MR) is 275 cm³/mol. The molecule has 0 amide bonds. The monoisotopic (exact) mass is 932 g/mol. The van der Waals surface area contributed by atoms with Crippen molar-refractivity contribution in [3.63, 3.8) is 0 Å². The molecule has 0 aromatic rings. The minimum Gasteiger partial charge on any atom is -0.462 e. The Balaban J connectivity index is 4.03. The van der Waals surface area contributed by atoms with Gasteiger partial charge in [0.2, 0.25) is 0 Å². The fourth-order valence-electron chi connectivity index (χ4n) is 7.20. The molecule has 0 aliphatic heterocycles. The van der Waals surface area contributed by atoms with Crippen LogP contribution in [0.4, 0.5) is 0 Å². The van der Waals surface area contributed by atoms with Crippen molar-refractivity contribution in [2.75, 3.05) is 26.4 Å². The molecule has 0 radical (unpaired) electrons. The molecule has 0 bridgehead atoms. The molecule has 2 unspecified atom stereocenters. The Kier molecular flexibility index (Phi) is 48.9. The maximum absolute atomic E-state index is 12.6. The molecule has 9 nitrogen and oxygen atoms in total. The van der Waals surface area contributed by atoms with E-state index in [1.165, 1.54) is 141 Å². The van der Waals surface area contributed by atoms with Gasteiger partial charge in [0.15, 0.2) is 6.10 Å². The van der Waals surface area contributed by atoms with Gasteiger partial charge in [-0.05, 0) is 77.0 Å². The van der Waals surface area contributed by atoms with Crippen LogP contribution in [0.5, 0.6) is 0 Å². The lowest BCUT2D eigenvalue weighted by molar-refractivity contribution is -0.161. The van der Waals surface area contributed by atoms with E-state index in [2.05, 4.69) is 80.7 Å². The van der Waals surface area contributed by atoms with Gasteiger partial charge >= 0.3 is 19.8 Å². The zero-order valence-electron chi connectivity index (χ0n) is 41.7. The van der Waals surface area contributed by atoms with Crippen molar-refractivity contribution in [3.8, 4) is 0 Å². The molecule has 0 aromatic carbocycles. The third-order valence-electron chi connectivity index (χ3n) is 11.1. The summed E-state index contributed by atoms with van der Waals surface area (Å²) in [7, 11) is -4.40. The highest BCUT2D eigenvalue weighted by Gasteiger charge is 2.26. The molecule has 0 saturated heterocycles. The van der Waals surface area contributed by atoms with Crippen molar-refractivity contribution < 1.29 is 37.6 Å². The van der Waals surface area contributed by atoms with Crippen LogP contribution in [0.1, 0.15) is 232 Å². The molecule has 0 heterocycles. The number of hydrogen-bond donors (Lipinski definition) is 2. The van der Waals surface area contributed by atoms with E-state index in [1.807, 2.05) is 6.08 Å². The summed E-state index contributed by atoms with van der Waals surface area (Å²) in [6.45, 7) is 3.57. The first-order valence-electron chi connectivity index (χ1n) is 26.4. The molecule has 0 aromatic heterocycles. The molecule has 0 fully saturated rings. The molecule has 65 heavy (non-hydrogen) atoms. The third-order valence-corrected chi connectivity index (χ3v) is 12.1. The van der Waals surface area contributed by atoms with E-state index >= 15 is 0 Å². The molecule has 0 rings (SSSR count). The molecule has 376 valence electrons. The number of carbonyl (C=O) groups is 2. The average molecular weight is 932 g/mol. The van der Waals surface area contributed by atoms with Crippen LogP contribution in [0, 0.1) is 0 Å². The molecule has 3 N–H and O–H groups in total. The number of carbonyl (C=O) groups excluding carboxylic acids is 2. The van der Waals surface area contributed by atoms with E-state index in [-0.39, 0.29) is 32.6 Å². The summed E-state index contributed by atoms with van der Waals surface area (Å²) < 4.78 is 32.9. The van der Waals surface area contributed by atoms with Gasteiger partial charge in [-0.1, -0.05) is 215 Å². The van der Waals surface area contributed by atoms with E-state index in [9.17, 15) is 19.0 Å². The van der Waals surface area contributed by atoms with Crippen molar-refractivity contribution in [2.24, 2.45) is 5.73 Å². The van der Waals surface area contributed by atoms with Crippen LogP contribution < -0.4 is 5.73 Å². The molecule has 0 spiro atoms. The average Bonchev–Trinajstić information content (AvgIpc) is 3.30. The first-order valence-corrected chi connectivity index (χ1v) is 27.9. The number of ether oxygens (including phenoxy) is 2. The molecule has 10 heteroatoms. The maximum atomic E-state index is 12.6. The lowest BCUT2D eigenvalue weighted by Gasteiger charge is -2.19. The molecular formula is C55H98NO8P. The lowest BCUT2D eigenvalue weighted by atomic mass is 10.0. The van der Waals surface area contributed by atoms with Crippen molar-refractivity contribution >= 4 is 19.8 Å². The first-order chi connectivity index (χ1) is 31.8. The quantitative estimate of drug-likeness (QED) is 0.0265. The second kappa shape index (κ2) is 50.9. The van der Waals surface area contributed by atoms with Crippen LogP contribution in [-0.2, 0) is 32.7 Å². The topological polar surface area (TPSA) is 134 Å². The molecule has 2 atom stereocenters. The van der Waals surface area contributed by atoms with Crippen molar-refractivity contribution in [1.82, 2.24) is 0 Å². The summed E-state index contributed by atoms with van der Waals surface area (Å²) in [5, 5.41) is 0. The Morgan fingerprint density at radius 2 is 0.862 bits per heavy atom. The number of esters is 2. The second-order valence-electron chi connectivity index (χ2n) is 17.4. The summed E-state index contributed by atoms with van der Waals surface area (Å²) in [5.41, 5.74) is 5.36. The molecule has 0 saturated carbocycles. The zero-order valence-corrected chi connectivity index (χ0v) is 42.6. The highest BCUT2D eigenvalue weighted by Crippen LogP contribution is 2.43. The minimum absolute atomic E-state index is 0.0419. The fourth-order valence-corrected chi connectivity index (χ4v) is 7.96. The highest BCUT2D eigenvalue weighted by atomic mass is 31.2. The van der Waals surface area contributed by atoms with Crippen LogP contribution in [-0.4, -0.2) is 49.3 Å². The van der Waals surface area contributed by atoms with Crippen LogP contribution in [0.2, 0.25) is 0 Å². The van der Waals surface area contributed by atoms with Gasteiger partial charge in [-0.3, -0.25) is 18.6 Å². The fraction of sp³-hybridized carbons (Fsp3) is 0.745. The van der Waals surface area contributed by atoms with Gasteiger partial charge in [0.1, 0.15) is 6.61 Å². The van der Waals surface area contributed by atoms with Crippen LogP contribution in [0.15, 0.2) is 72.9 Å². The van der Waals surface area contributed by atoms with Gasteiger partial charge in [-0.15, -0.1) is 0 Å². The number of hydrogen-bond acceptors (Lipinski definition) is 8. The first kappa shape index (κ1) is 62.4. The zero-order chi connectivity index (χ0) is 47.4. The van der Waals surface area contributed by atoms with Crippen LogP contribution >= 0.6 is 7.82 Å². The SMILES string of the molecule is CC/C=C\C/C=C\C/C=C\C/C=C\C/C=C\CCCC(=O)OC(COC(=O)CCCCCCCCCCCCCCCCC/C=C\CCCCCCCCCC)COP(=O)(O)OCCN. The summed E-state index contributed by atoms with van der Waals surface area (Å²) in [4.78, 5) is 35.0. The van der Waals surface area contributed by atoms with Gasteiger partial charge in [-0.25, -0.2) is 4.57 Å². The van der Waals surface area contributed by atoms with Crippen molar-refractivity contribution in [1.29, 1.82) is 0 Å². The van der Waals surface area contributed by atoms with Gasteiger partial charge in [0.05, 0.1) is 13.2 Å². The number of unbranched alkanes of at least 4 members (excludes halogenated alkanes) is 24. The Bertz CT molecular complexity index is 1290. The van der Waals surface area contributed by atoms with E-state index in [0.29, 0.717) is 12.8 Å². The van der Waals surface area contributed by atoms with E-state index < -0.39 is 32.5 Å². The molecular weight excluding hydrogens is 834 g/mol. The Labute approximate surface area is 399 Å². The Hall–Kier alpha value is -2.55. The lowest BCUT2D eigenvalue weighted by Crippen LogP contribution is -2.29. The largest absolute Gasteiger partial charge is 0.472 e. The standard InChI is InChI=1S/C55H98NO8P/c1-3-5-7-9-11-13-15-17-19-21-22-23-24-25-26-27-28-29-30-32-33-35-37-39-41-43-45-47-54(57)61-51-53(52-63-65(59,60)62-50-49-56)64-55(58)48-46-44-42-40-38-36-34-31-20-18-16-14-12-10-8-6-4-2/h6,8,12,14,18,20-22,34,36,40,42,53H,3-5,7,9-11,13,15-17,19,23-33,35,37-39,41,43-52,56H2,1-2H3,(H,59,60)/b8-6-,14-12-,20-18-,22-21-,36-34-,42-40-. The van der Waals surface area contributed by atoms with Gasteiger partial charge in [0, 0.05) is 19.4 Å². The highest BCUT2D eigenvalue weighted by molar-refractivity contribution is 7.47. The predicted octanol–water partition coefficient (Wildman–Crippen LogP) is 16.2. The van der Waals surface area contributed by atoms with Gasteiger partial charge in [-0.2, -0.15) is 0 Å². The number of rotatable bonds is 49. The van der Waals surface area contributed by atoms with Crippen LogP contribution in [0.25, 0.3) is 0 Å². The van der Waals surface area contributed by atoms with Crippen molar-refractivity contribution in [3.05, 3.63) is 72.9 Å². The van der Waals surface area contributed by atoms with Crippen molar-refractivity contribution in [2.45, 2.75) is 238 Å².